The van der Waals surface area contributed by atoms with Crippen molar-refractivity contribution in [1.29, 1.82) is 0 Å². The molecule has 5 nitrogen and oxygen atoms in total. The van der Waals surface area contributed by atoms with Crippen LogP contribution in [0.5, 0.6) is 11.5 Å². The van der Waals surface area contributed by atoms with E-state index in [4.69, 9.17) is 13.9 Å². The number of ether oxygens (including phenoxy) is 2. The fourth-order valence-electron chi connectivity index (χ4n) is 3.60. The van der Waals surface area contributed by atoms with Gasteiger partial charge in [0, 0.05) is 33.1 Å². The van der Waals surface area contributed by atoms with E-state index in [1.807, 2.05) is 55.5 Å². The van der Waals surface area contributed by atoms with Gasteiger partial charge in [-0.1, -0.05) is 40.2 Å². The topological polar surface area (TPSA) is 60.7 Å². The molecule has 1 amide bonds. The van der Waals surface area contributed by atoms with Crippen LogP contribution < -0.4 is 14.8 Å². The first-order valence-electron chi connectivity index (χ1n) is 9.98. The molecule has 0 aliphatic carbocycles. The zero-order chi connectivity index (χ0) is 22.7. The number of nitrogens with one attached hydrogen (secondary N) is 1. The Morgan fingerprint density at radius 2 is 1.78 bits per heavy atom. The van der Waals surface area contributed by atoms with Crippen LogP contribution in [0.2, 0.25) is 0 Å². The number of halogens is 1. The summed E-state index contributed by atoms with van der Waals surface area (Å²) in [5.74, 6) is 0.975. The molecule has 0 fully saturated rings. The minimum atomic E-state index is -0.256. The lowest BCUT2D eigenvalue weighted by Crippen LogP contribution is -2.09. The number of furan rings is 1. The fraction of sp³-hybridized carbons (Fsp3) is 0.115. The van der Waals surface area contributed by atoms with Crippen molar-refractivity contribution in [2.24, 2.45) is 0 Å². The van der Waals surface area contributed by atoms with E-state index < -0.39 is 0 Å². The molecule has 0 aliphatic rings. The highest BCUT2D eigenvalue weighted by Gasteiger charge is 2.15. The van der Waals surface area contributed by atoms with Gasteiger partial charge in [-0.2, -0.15) is 0 Å². The zero-order valence-electron chi connectivity index (χ0n) is 17.9. The second-order valence-corrected chi connectivity index (χ2v) is 8.14. The van der Waals surface area contributed by atoms with Crippen LogP contribution in [0.25, 0.3) is 27.7 Å². The molecular weight excluding hydrogens is 470 g/mol. The number of hydrogen-bond donors (Lipinski definition) is 1. The summed E-state index contributed by atoms with van der Waals surface area (Å²) in [6, 6.07) is 19.2. The Labute approximate surface area is 194 Å². The van der Waals surface area contributed by atoms with Crippen molar-refractivity contribution >= 4 is 44.1 Å². The lowest BCUT2D eigenvalue weighted by Gasteiger charge is -2.11. The molecule has 1 aromatic heterocycles. The van der Waals surface area contributed by atoms with Crippen LogP contribution in [0.4, 0.5) is 5.69 Å². The first kappa shape index (κ1) is 21.7. The molecule has 0 spiro atoms. The number of hydrogen-bond acceptors (Lipinski definition) is 4. The molecular formula is C26H22BrNO4. The maximum absolute atomic E-state index is 12.7. The minimum Gasteiger partial charge on any atom is -0.496 e. The fourth-order valence-corrected chi connectivity index (χ4v) is 4.00. The van der Waals surface area contributed by atoms with Crippen molar-refractivity contribution in [1.82, 2.24) is 0 Å². The van der Waals surface area contributed by atoms with Crippen LogP contribution in [0.1, 0.15) is 12.5 Å². The van der Waals surface area contributed by atoms with Gasteiger partial charge in [0.2, 0.25) is 5.91 Å². The number of carbonyl (C=O) groups is 1. The Bertz CT molecular complexity index is 1320. The van der Waals surface area contributed by atoms with E-state index in [0.29, 0.717) is 22.8 Å². The van der Waals surface area contributed by atoms with Crippen molar-refractivity contribution < 1.29 is 18.7 Å². The van der Waals surface area contributed by atoms with Crippen molar-refractivity contribution in [2.45, 2.75) is 6.92 Å². The van der Waals surface area contributed by atoms with Gasteiger partial charge >= 0.3 is 0 Å². The molecule has 0 bridgehead atoms. The highest BCUT2D eigenvalue weighted by molar-refractivity contribution is 9.10. The summed E-state index contributed by atoms with van der Waals surface area (Å²) in [6.45, 7) is 1.88. The van der Waals surface area contributed by atoms with Crippen LogP contribution in [-0.4, -0.2) is 20.1 Å². The van der Waals surface area contributed by atoms with Crippen LogP contribution in [0, 0.1) is 0 Å². The third-order valence-electron chi connectivity index (χ3n) is 5.17. The van der Waals surface area contributed by atoms with E-state index in [2.05, 4.69) is 21.2 Å². The van der Waals surface area contributed by atoms with E-state index in [1.165, 1.54) is 0 Å². The van der Waals surface area contributed by atoms with Crippen molar-refractivity contribution in [2.75, 3.05) is 19.5 Å². The highest BCUT2D eigenvalue weighted by Crippen LogP contribution is 2.38. The van der Waals surface area contributed by atoms with E-state index in [9.17, 15) is 4.79 Å². The maximum atomic E-state index is 12.7. The quantitative estimate of drug-likeness (QED) is 0.297. The number of amides is 1. The average Bonchev–Trinajstić information content (AvgIpc) is 3.21. The van der Waals surface area contributed by atoms with Gasteiger partial charge in [0.15, 0.2) is 0 Å². The molecule has 0 radical (unpaired) electrons. The first-order valence-corrected chi connectivity index (χ1v) is 10.8. The van der Waals surface area contributed by atoms with Crippen LogP contribution in [-0.2, 0) is 4.79 Å². The summed E-state index contributed by atoms with van der Waals surface area (Å²) in [5, 5.41) is 3.81. The Kier molecular flexibility index (Phi) is 6.32. The van der Waals surface area contributed by atoms with Gasteiger partial charge in [-0.3, -0.25) is 4.79 Å². The Morgan fingerprint density at radius 1 is 1.00 bits per heavy atom. The second kappa shape index (κ2) is 9.32. The van der Waals surface area contributed by atoms with Crippen molar-refractivity contribution in [3.8, 4) is 22.6 Å². The molecule has 0 saturated heterocycles. The lowest BCUT2D eigenvalue weighted by molar-refractivity contribution is -0.111. The maximum Gasteiger partial charge on any atom is 0.248 e. The second-order valence-electron chi connectivity index (χ2n) is 7.23. The summed E-state index contributed by atoms with van der Waals surface area (Å²) >= 11 is 3.52. The summed E-state index contributed by atoms with van der Waals surface area (Å²) in [6.07, 6.45) is 3.29. The SMILES string of the molecule is COc1ccccc1NC(=O)/C=C(\C)c1cc2c(-c3cccc(Br)c3)coc2cc1OC. The number of methoxy groups -OCH3 is 2. The third kappa shape index (κ3) is 4.41. The number of para-hydroxylation sites is 2. The predicted molar refractivity (Wildman–Crippen MR) is 131 cm³/mol. The van der Waals surface area contributed by atoms with Crippen LogP contribution in [0.15, 0.2) is 81.9 Å². The van der Waals surface area contributed by atoms with Gasteiger partial charge in [0.25, 0.3) is 0 Å². The summed E-state index contributed by atoms with van der Waals surface area (Å²) in [5.41, 5.74) is 4.90. The van der Waals surface area contributed by atoms with Crippen LogP contribution >= 0.6 is 15.9 Å². The standard InChI is InChI=1S/C26H22BrNO4/c1-16(11-26(29)28-22-9-4-5-10-23(22)30-2)19-13-20-21(17-7-6-8-18(27)12-17)15-32-25(20)14-24(19)31-3/h4-15H,1-3H3,(H,28,29)/b16-11+. The molecule has 162 valence electrons. The molecule has 4 aromatic rings. The number of benzene rings is 3. The van der Waals surface area contributed by atoms with Gasteiger partial charge in [0.05, 0.1) is 26.2 Å². The molecule has 0 unspecified atom stereocenters. The molecule has 0 saturated carbocycles. The summed E-state index contributed by atoms with van der Waals surface area (Å²) in [7, 11) is 3.17. The Hall–Kier alpha value is -3.51. The molecule has 3 aromatic carbocycles. The molecule has 4 rings (SSSR count). The van der Waals surface area contributed by atoms with E-state index in [-0.39, 0.29) is 5.91 Å². The molecule has 0 atom stereocenters. The minimum absolute atomic E-state index is 0.256. The number of fused-ring (bicyclic) bond motifs is 1. The zero-order valence-corrected chi connectivity index (χ0v) is 19.5. The molecule has 6 heteroatoms. The monoisotopic (exact) mass is 491 g/mol. The number of carbonyl (C=O) groups excluding carboxylic acids is 1. The number of anilines is 1. The van der Waals surface area contributed by atoms with Crippen LogP contribution in [0.3, 0.4) is 0 Å². The lowest BCUT2D eigenvalue weighted by atomic mass is 9.99. The summed E-state index contributed by atoms with van der Waals surface area (Å²) < 4.78 is 17.7. The van der Waals surface area contributed by atoms with E-state index in [0.717, 1.165) is 32.1 Å². The molecule has 1 heterocycles. The van der Waals surface area contributed by atoms with Gasteiger partial charge in [-0.05, 0) is 48.4 Å². The first-order chi connectivity index (χ1) is 15.5. The van der Waals surface area contributed by atoms with E-state index >= 15 is 0 Å². The van der Waals surface area contributed by atoms with Gasteiger partial charge in [0.1, 0.15) is 17.1 Å². The van der Waals surface area contributed by atoms with Gasteiger partial charge < -0.3 is 19.2 Å². The molecule has 0 aliphatic heterocycles. The Balaban J connectivity index is 1.72. The molecule has 32 heavy (non-hydrogen) atoms. The van der Waals surface area contributed by atoms with Crippen molar-refractivity contribution in [3.05, 3.63) is 83.0 Å². The molecule has 1 N–H and O–H groups in total. The third-order valence-corrected chi connectivity index (χ3v) is 5.66. The number of allylic oxidation sites excluding steroid dienone is 1. The van der Waals surface area contributed by atoms with Crippen molar-refractivity contribution in [3.63, 3.8) is 0 Å². The largest absolute Gasteiger partial charge is 0.496 e. The highest BCUT2D eigenvalue weighted by atomic mass is 79.9. The average molecular weight is 492 g/mol. The van der Waals surface area contributed by atoms with Gasteiger partial charge in [-0.15, -0.1) is 0 Å². The normalized spacial score (nSPS) is 11.4. The van der Waals surface area contributed by atoms with E-state index in [1.54, 1.807) is 38.7 Å². The smallest absolute Gasteiger partial charge is 0.248 e. The number of rotatable bonds is 6. The summed E-state index contributed by atoms with van der Waals surface area (Å²) in [4.78, 5) is 12.7. The predicted octanol–water partition coefficient (Wildman–Crippen LogP) is 6.92. The Morgan fingerprint density at radius 3 is 2.53 bits per heavy atom. The van der Waals surface area contributed by atoms with Gasteiger partial charge in [-0.25, -0.2) is 0 Å².